The molecule has 0 aliphatic carbocycles. The molecule has 2 rings (SSSR count). The highest BCUT2D eigenvalue weighted by atomic mass is 19.4. The Labute approximate surface area is 162 Å². The molecule has 0 atom stereocenters. The molecule has 12 heteroatoms. The van der Waals surface area contributed by atoms with Crippen molar-refractivity contribution in [3.63, 3.8) is 0 Å². The van der Waals surface area contributed by atoms with Crippen LogP contribution in [-0.4, -0.2) is 57.5 Å². The Kier molecular flexibility index (Phi) is 6.14. The fourth-order valence-corrected chi connectivity index (χ4v) is 3.34. The number of anilines is 1. The Morgan fingerprint density at radius 1 is 1.24 bits per heavy atom. The van der Waals surface area contributed by atoms with Crippen LogP contribution in [0.4, 0.5) is 24.5 Å². The maximum Gasteiger partial charge on any atom is 0.471 e. The van der Waals surface area contributed by atoms with Gasteiger partial charge in [0, 0.05) is 24.7 Å². The van der Waals surface area contributed by atoms with Crippen molar-refractivity contribution in [2.75, 3.05) is 18.0 Å². The van der Waals surface area contributed by atoms with Gasteiger partial charge in [-0.2, -0.15) is 13.2 Å². The van der Waals surface area contributed by atoms with Crippen molar-refractivity contribution >= 4 is 29.2 Å². The average molecular weight is 417 g/mol. The molecule has 1 saturated heterocycles. The molecule has 1 aromatic rings. The lowest BCUT2D eigenvalue weighted by Gasteiger charge is -2.46. The van der Waals surface area contributed by atoms with Gasteiger partial charge < -0.3 is 10.0 Å². The lowest BCUT2D eigenvalue weighted by Crippen LogP contribution is -2.58. The number of carboxylic acids is 1. The fourth-order valence-electron chi connectivity index (χ4n) is 3.34. The number of carbonyl (C=O) groups is 3. The Morgan fingerprint density at radius 3 is 2.28 bits per heavy atom. The van der Waals surface area contributed by atoms with E-state index in [2.05, 4.69) is 0 Å². The Balaban J connectivity index is 2.41. The van der Waals surface area contributed by atoms with E-state index in [0.717, 1.165) is 11.0 Å². The first-order chi connectivity index (χ1) is 13.4. The van der Waals surface area contributed by atoms with Crippen molar-refractivity contribution in [3.05, 3.63) is 34.4 Å². The zero-order chi connectivity index (χ0) is 22.0. The third-order valence-corrected chi connectivity index (χ3v) is 4.78. The Hall–Kier alpha value is -3.18. The van der Waals surface area contributed by atoms with Gasteiger partial charge in [0.05, 0.1) is 4.92 Å². The van der Waals surface area contributed by atoms with Gasteiger partial charge in [0.25, 0.3) is 5.69 Å². The number of piperidine rings is 1. The van der Waals surface area contributed by atoms with Crippen molar-refractivity contribution in [1.82, 2.24) is 4.90 Å². The van der Waals surface area contributed by atoms with Gasteiger partial charge in [-0.25, -0.2) is 0 Å². The SMILES string of the molecule is CC1(N(C(=O)CC(=O)O)c2ccccc2[N+](=O)[O-])CCN(C(=O)C(F)(F)F)CC1. The molecule has 9 nitrogen and oxygen atoms in total. The number of nitrogens with zero attached hydrogens (tertiary/aromatic N) is 3. The molecule has 0 unspecified atom stereocenters. The summed E-state index contributed by atoms with van der Waals surface area (Å²) in [4.78, 5) is 47.4. The quantitative estimate of drug-likeness (QED) is 0.446. The number of nitro benzene ring substituents is 1. The minimum absolute atomic E-state index is 0.119. The molecular formula is C17H18F3N3O6. The van der Waals surface area contributed by atoms with E-state index in [-0.39, 0.29) is 31.6 Å². The number of likely N-dealkylation sites (tertiary alicyclic amines) is 1. The number of nitro groups is 1. The number of carboxylic acid groups (broad SMARTS) is 1. The smallest absolute Gasteiger partial charge is 0.471 e. The third-order valence-electron chi connectivity index (χ3n) is 4.78. The van der Waals surface area contributed by atoms with Gasteiger partial charge in [-0.15, -0.1) is 0 Å². The minimum atomic E-state index is -5.04. The highest BCUT2D eigenvalue weighted by molar-refractivity contribution is 6.05. The second-order valence-corrected chi connectivity index (χ2v) is 6.83. The van der Waals surface area contributed by atoms with Crippen LogP contribution >= 0.6 is 0 Å². The second-order valence-electron chi connectivity index (χ2n) is 6.83. The number of rotatable bonds is 5. The predicted octanol–water partition coefficient (Wildman–Crippen LogP) is 2.35. The Morgan fingerprint density at radius 2 is 1.79 bits per heavy atom. The number of amides is 2. The van der Waals surface area contributed by atoms with Crippen molar-refractivity contribution in [1.29, 1.82) is 0 Å². The van der Waals surface area contributed by atoms with E-state index < -0.39 is 46.5 Å². The normalized spacial score (nSPS) is 16.2. The molecule has 1 aromatic carbocycles. The predicted molar refractivity (Wildman–Crippen MR) is 93.1 cm³/mol. The fraction of sp³-hybridized carbons (Fsp3) is 0.471. The molecule has 2 amide bonds. The monoisotopic (exact) mass is 417 g/mol. The standard InChI is InChI=1S/C17H18F3N3O6/c1-16(6-8-21(9-7-16)15(27)17(18,19)20)22(13(24)10-14(25)26)11-4-2-3-5-12(11)23(28)29/h2-5H,6-10H2,1H3,(H,25,26). The average Bonchev–Trinajstić information content (AvgIpc) is 2.60. The van der Waals surface area contributed by atoms with E-state index in [1.165, 1.54) is 25.1 Å². The van der Waals surface area contributed by atoms with Crippen LogP contribution in [0.5, 0.6) is 0 Å². The van der Waals surface area contributed by atoms with Gasteiger partial charge in [0.15, 0.2) is 0 Å². The number of carbonyl (C=O) groups excluding carboxylic acids is 2. The van der Waals surface area contributed by atoms with Crippen molar-refractivity contribution in [2.24, 2.45) is 0 Å². The summed E-state index contributed by atoms with van der Waals surface area (Å²) in [5, 5.41) is 20.4. The largest absolute Gasteiger partial charge is 0.481 e. The summed E-state index contributed by atoms with van der Waals surface area (Å²) in [6.45, 7) is 0.817. The molecule has 0 radical (unpaired) electrons. The van der Waals surface area contributed by atoms with Gasteiger partial charge in [0.1, 0.15) is 12.1 Å². The molecule has 0 bridgehead atoms. The van der Waals surface area contributed by atoms with Gasteiger partial charge in [0.2, 0.25) is 5.91 Å². The molecule has 1 aliphatic heterocycles. The van der Waals surface area contributed by atoms with Crippen LogP contribution < -0.4 is 4.90 Å². The lowest BCUT2D eigenvalue weighted by molar-refractivity contribution is -0.384. The molecule has 0 aromatic heterocycles. The number of alkyl halides is 3. The van der Waals surface area contributed by atoms with Crippen molar-refractivity contribution < 1.29 is 37.6 Å². The maximum absolute atomic E-state index is 12.7. The van der Waals surface area contributed by atoms with Crippen LogP contribution in [0.15, 0.2) is 24.3 Å². The number of para-hydroxylation sites is 2. The zero-order valence-electron chi connectivity index (χ0n) is 15.3. The number of aliphatic carboxylic acids is 1. The number of hydrogen-bond donors (Lipinski definition) is 1. The number of hydrogen-bond acceptors (Lipinski definition) is 5. The first-order valence-corrected chi connectivity index (χ1v) is 8.51. The summed E-state index contributed by atoms with van der Waals surface area (Å²) in [5.41, 5.74) is -1.82. The molecule has 0 saturated carbocycles. The van der Waals surface area contributed by atoms with Gasteiger partial charge in [-0.05, 0) is 25.8 Å². The van der Waals surface area contributed by atoms with E-state index in [1.54, 1.807) is 0 Å². The van der Waals surface area contributed by atoms with E-state index in [4.69, 9.17) is 5.11 Å². The number of halogens is 3. The van der Waals surface area contributed by atoms with E-state index >= 15 is 0 Å². The molecule has 158 valence electrons. The number of benzene rings is 1. The topological polar surface area (TPSA) is 121 Å². The van der Waals surface area contributed by atoms with E-state index in [1.807, 2.05) is 0 Å². The van der Waals surface area contributed by atoms with Crippen LogP contribution in [0, 0.1) is 10.1 Å². The Bertz CT molecular complexity index is 834. The lowest BCUT2D eigenvalue weighted by atomic mass is 9.86. The minimum Gasteiger partial charge on any atom is -0.481 e. The highest BCUT2D eigenvalue weighted by Crippen LogP contribution is 2.39. The summed E-state index contributed by atoms with van der Waals surface area (Å²) in [5.74, 6) is -4.40. The van der Waals surface area contributed by atoms with Crippen molar-refractivity contribution in [2.45, 2.75) is 37.9 Å². The second kappa shape index (κ2) is 8.05. The van der Waals surface area contributed by atoms with Crippen LogP contribution in [-0.2, 0) is 14.4 Å². The van der Waals surface area contributed by atoms with Crippen LogP contribution in [0.25, 0.3) is 0 Å². The zero-order valence-corrected chi connectivity index (χ0v) is 15.3. The summed E-state index contributed by atoms with van der Waals surface area (Å²) in [7, 11) is 0. The third kappa shape index (κ3) is 4.81. The molecular weight excluding hydrogens is 399 g/mol. The van der Waals surface area contributed by atoms with E-state index in [9.17, 15) is 37.7 Å². The van der Waals surface area contributed by atoms with Gasteiger partial charge >= 0.3 is 18.1 Å². The highest BCUT2D eigenvalue weighted by Gasteiger charge is 2.47. The van der Waals surface area contributed by atoms with Crippen molar-refractivity contribution in [3.8, 4) is 0 Å². The molecule has 1 N–H and O–H groups in total. The summed E-state index contributed by atoms with van der Waals surface area (Å²) in [6.07, 6.45) is -6.23. The first kappa shape index (κ1) is 22.1. The maximum atomic E-state index is 12.7. The van der Waals surface area contributed by atoms with E-state index in [0.29, 0.717) is 4.90 Å². The summed E-state index contributed by atoms with van der Waals surface area (Å²) < 4.78 is 38.0. The van der Waals surface area contributed by atoms with Crippen LogP contribution in [0.3, 0.4) is 0 Å². The molecule has 0 spiro atoms. The van der Waals surface area contributed by atoms with Crippen LogP contribution in [0.2, 0.25) is 0 Å². The van der Waals surface area contributed by atoms with Crippen LogP contribution in [0.1, 0.15) is 26.2 Å². The first-order valence-electron chi connectivity index (χ1n) is 8.51. The van der Waals surface area contributed by atoms with Gasteiger partial charge in [-0.1, -0.05) is 12.1 Å². The summed E-state index contributed by atoms with van der Waals surface area (Å²) in [6, 6.07) is 5.21. The molecule has 1 fully saturated rings. The molecule has 1 heterocycles. The molecule has 1 aliphatic rings. The van der Waals surface area contributed by atoms with Gasteiger partial charge in [-0.3, -0.25) is 29.4 Å². The molecule has 29 heavy (non-hydrogen) atoms. The summed E-state index contributed by atoms with van der Waals surface area (Å²) >= 11 is 0.